The Labute approximate surface area is 134 Å². The Morgan fingerprint density at radius 1 is 1.26 bits per heavy atom. The van der Waals surface area contributed by atoms with Gasteiger partial charge < -0.3 is 19.0 Å². The number of ether oxygens (including phenoxy) is 1. The number of nitrogens with zero attached hydrogens (tertiary/aromatic N) is 4. The molecule has 1 fully saturated rings. The molecule has 0 aliphatic carbocycles. The summed E-state index contributed by atoms with van der Waals surface area (Å²) >= 11 is 0. The van der Waals surface area contributed by atoms with Crippen molar-refractivity contribution in [2.24, 2.45) is 0 Å². The molecule has 1 saturated heterocycles. The molecule has 0 unspecified atom stereocenters. The summed E-state index contributed by atoms with van der Waals surface area (Å²) in [6, 6.07) is 5.32. The lowest BCUT2D eigenvalue weighted by Crippen LogP contribution is -2.49. The summed E-state index contributed by atoms with van der Waals surface area (Å²) < 4.78 is 10.7. The Hall–Kier alpha value is -2.57. The van der Waals surface area contributed by atoms with Gasteiger partial charge in [-0.05, 0) is 12.1 Å². The van der Waals surface area contributed by atoms with E-state index in [2.05, 4.69) is 9.97 Å². The molecule has 3 heterocycles. The summed E-state index contributed by atoms with van der Waals surface area (Å²) in [5, 5.41) is 0. The predicted molar refractivity (Wildman–Crippen MR) is 84.8 cm³/mol. The molecular weight excluding hydrogens is 296 g/mol. The number of aryl methyl sites for hydroxylation is 1. The molecule has 0 saturated carbocycles. The number of carbonyl (C=O) groups excluding carboxylic acids is 1. The second-order valence-electron chi connectivity index (χ2n) is 5.30. The van der Waals surface area contributed by atoms with E-state index >= 15 is 0 Å². The zero-order valence-corrected chi connectivity index (χ0v) is 13.4. The fourth-order valence-electron chi connectivity index (χ4n) is 2.55. The molecule has 0 N–H and O–H groups in total. The smallest absolute Gasteiger partial charge is 0.289 e. The summed E-state index contributed by atoms with van der Waals surface area (Å²) in [5.74, 6) is 2.35. The minimum Gasteiger partial charge on any atom is -0.481 e. The summed E-state index contributed by atoms with van der Waals surface area (Å²) in [6.45, 7) is 4.59. The Bertz CT molecular complexity index is 677. The molecule has 1 aliphatic heterocycles. The van der Waals surface area contributed by atoms with Gasteiger partial charge in [0.05, 0.1) is 7.11 Å². The monoisotopic (exact) mass is 316 g/mol. The third-order valence-corrected chi connectivity index (χ3v) is 3.90. The fraction of sp³-hybridized carbons (Fsp3) is 0.438. The molecule has 0 spiro atoms. The van der Waals surface area contributed by atoms with Crippen LogP contribution >= 0.6 is 0 Å². The van der Waals surface area contributed by atoms with Crippen LogP contribution in [0.3, 0.4) is 0 Å². The van der Waals surface area contributed by atoms with Crippen LogP contribution in [0.2, 0.25) is 0 Å². The van der Waals surface area contributed by atoms with Crippen LogP contribution in [0.25, 0.3) is 0 Å². The molecule has 0 aromatic carbocycles. The Kier molecular flexibility index (Phi) is 4.45. The van der Waals surface area contributed by atoms with Gasteiger partial charge in [-0.25, -0.2) is 4.98 Å². The van der Waals surface area contributed by atoms with Crippen LogP contribution in [-0.2, 0) is 6.42 Å². The molecule has 0 atom stereocenters. The number of rotatable bonds is 4. The minimum atomic E-state index is -0.0593. The average molecular weight is 316 g/mol. The Balaban J connectivity index is 1.62. The van der Waals surface area contributed by atoms with Crippen molar-refractivity contribution in [2.45, 2.75) is 13.3 Å². The molecule has 2 aromatic rings. The molecule has 7 nitrogen and oxygen atoms in total. The highest BCUT2D eigenvalue weighted by Crippen LogP contribution is 2.17. The zero-order chi connectivity index (χ0) is 16.2. The highest BCUT2D eigenvalue weighted by Gasteiger charge is 2.25. The third-order valence-electron chi connectivity index (χ3n) is 3.90. The van der Waals surface area contributed by atoms with E-state index in [1.807, 2.05) is 17.9 Å². The molecule has 7 heteroatoms. The van der Waals surface area contributed by atoms with E-state index in [0.29, 0.717) is 43.8 Å². The van der Waals surface area contributed by atoms with E-state index in [-0.39, 0.29) is 5.91 Å². The second kappa shape index (κ2) is 6.68. The SMILES string of the molecule is CCc1ccc(C(=O)N2CCN(c3nccc(OC)n3)CC2)o1. The van der Waals surface area contributed by atoms with Crippen LogP contribution in [0.1, 0.15) is 23.2 Å². The van der Waals surface area contributed by atoms with Crippen molar-refractivity contribution in [1.29, 1.82) is 0 Å². The zero-order valence-electron chi connectivity index (χ0n) is 13.4. The molecule has 1 amide bonds. The summed E-state index contributed by atoms with van der Waals surface area (Å²) in [6.07, 6.45) is 2.46. The largest absolute Gasteiger partial charge is 0.481 e. The first-order valence-corrected chi connectivity index (χ1v) is 7.71. The van der Waals surface area contributed by atoms with Crippen LogP contribution in [0.4, 0.5) is 5.95 Å². The molecule has 2 aromatic heterocycles. The predicted octanol–water partition coefficient (Wildman–Crippen LogP) is 1.60. The summed E-state index contributed by atoms with van der Waals surface area (Å²) in [4.78, 5) is 24.9. The maximum atomic E-state index is 12.4. The number of methoxy groups -OCH3 is 1. The lowest BCUT2D eigenvalue weighted by atomic mass is 10.3. The van der Waals surface area contributed by atoms with Gasteiger partial charge in [0.15, 0.2) is 5.76 Å². The first kappa shape index (κ1) is 15.3. The van der Waals surface area contributed by atoms with Gasteiger partial charge in [-0.15, -0.1) is 0 Å². The fourth-order valence-corrected chi connectivity index (χ4v) is 2.55. The van der Waals surface area contributed by atoms with Crippen LogP contribution in [0.5, 0.6) is 5.88 Å². The molecule has 1 aliphatic rings. The first-order chi connectivity index (χ1) is 11.2. The van der Waals surface area contributed by atoms with Crippen molar-refractivity contribution < 1.29 is 13.9 Å². The Morgan fingerprint density at radius 2 is 2.04 bits per heavy atom. The van der Waals surface area contributed by atoms with Crippen molar-refractivity contribution in [1.82, 2.24) is 14.9 Å². The Morgan fingerprint density at radius 3 is 2.70 bits per heavy atom. The highest BCUT2D eigenvalue weighted by molar-refractivity contribution is 5.91. The number of furan rings is 1. The standard InChI is InChI=1S/C16H20N4O3/c1-3-12-4-5-13(23-12)15(21)19-8-10-20(11-9-19)16-17-7-6-14(18-16)22-2/h4-7H,3,8-11H2,1-2H3. The second-order valence-corrected chi connectivity index (χ2v) is 5.30. The van der Waals surface area contributed by atoms with E-state index < -0.39 is 0 Å². The van der Waals surface area contributed by atoms with E-state index in [0.717, 1.165) is 12.2 Å². The first-order valence-electron chi connectivity index (χ1n) is 7.71. The van der Waals surface area contributed by atoms with Gasteiger partial charge in [-0.3, -0.25) is 4.79 Å². The maximum Gasteiger partial charge on any atom is 0.289 e. The summed E-state index contributed by atoms with van der Waals surface area (Å²) in [7, 11) is 1.58. The molecule has 3 rings (SSSR count). The number of hydrogen-bond acceptors (Lipinski definition) is 6. The number of aromatic nitrogens is 2. The van der Waals surface area contributed by atoms with Crippen molar-refractivity contribution in [3.05, 3.63) is 35.9 Å². The molecule has 122 valence electrons. The van der Waals surface area contributed by atoms with Gasteiger partial charge in [0.25, 0.3) is 5.91 Å². The van der Waals surface area contributed by atoms with E-state index in [4.69, 9.17) is 9.15 Å². The van der Waals surface area contributed by atoms with Gasteiger partial charge in [-0.1, -0.05) is 6.92 Å². The molecule has 23 heavy (non-hydrogen) atoms. The minimum absolute atomic E-state index is 0.0593. The van der Waals surface area contributed by atoms with Gasteiger partial charge >= 0.3 is 0 Å². The number of hydrogen-bond donors (Lipinski definition) is 0. The van der Waals surface area contributed by atoms with Gasteiger partial charge in [0.1, 0.15) is 5.76 Å². The lowest BCUT2D eigenvalue weighted by molar-refractivity contribution is 0.0712. The number of piperazine rings is 1. The topological polar surface area (TPSA) is 71.7 Å². The quantitative estimate of drug-likeness (QED) is 0.853. The van der Waals surface area contributed by atoms with Crippen molar-refractivity contribution in [3.8, 4) is 5.88 Å². The van der Waals surface area contributed by atoms with Crippen molar-refractivity contribution in [3.63, 3.8) is 0 Å². The molecule has 0 radical (unpaired) electrons. The van der Waals surface area contributed by atoms with Crippen LogP contribution < -0.4 is 9.64 Å². The molecule has 0 bridgehead atoms. The van der Waals surface area contributed by atoms with Gasteiger partial charge in [0, 0.05) is 44.9 Å². The van der Waals surface area contributed by atoms with Gasteiger partial charge in [-0.2, -0.15) is 4.98 Å². The van der Waals surface area contributed by atoms with Crippen molar-refractivity contribution in [2.75, 3.05) is 38.2 Å². The number of carbonyl (C=O) groups is 1. The number of anilines is 1. The van der Waals surface area contributed by atoms with E-state index in [1.54, 1.807) is 30.3 Å². The maximum absolute atomic E-state index is 12.4. The van der Waals surface area contributed by atoms with Crippen LogP contribution in [0.15, 0.2) is 28.8 Å². The van der Waals surface area contributed by atoms with Crippen LogP contribution in [-0.4, -0.2) is 54.1 Å². The lowest BCUT2D eigenvalue weighted by Gasteiger charge is -2.34. The normalized spacial score (nSPS) is 14.9. The third kappa shape index (κ3) is 3.28. The van der Waals surface area contributed by atoms with E-state index in [9.17, 15) is 4.79 Å². The number of amides is 1. The van der Waals surface area contributed by atoms with E-state index in [1.165, 1.54) is 0 Å². The van der Waals surface area contributed by atoms with Crippen molar-refractivity contribution >= 4 is 11.9 Å². The molecular formula is C16H20N4O3. The average Bonchev–Trinajstić information content (AvgIpc) is 3.10. The van der Waals surface area contributed by atoms with Gasteiger partial charge in [0.2, 0.25) is 11.8 Å². The van der Waals surface area contributed by atoms with Crippen LogP contribution in [0, 0.1) is 0 Å². The highest BCUT2D eigenvalue weighted by atomic mass is 16.5. The summed E-state index contributed by atoms with van der Waals surface area (Å²) in [5.41, 5.74) is 0.